The Kier molecular flexibility index (Phi) is 9.80. The Balaban J connectivity index is 1.08. The molecule has 6 rings (SSSR count). The van der Waals surface area contributed by atoms with Crippen LogP contribution in [0.15, 0.2) is 91.0 Å². The van der Waals surface area contributed by atoms with Gasteiger partial charge in [0.15, 0.2) is 6.29 Å². The molecule has 1 aliphatic carbocycles. The van der Waals surface area contributed by atoms with Crippen molar-refractivity contribution in [2.24, 2.45) is 0 Å². The van der Waals surface area contributed by atoms with Gasteiger partial charge in [0.05, 0.1) is 17.9 Å². The zero-order valence-electron chi connectivity index (χ0n) is 26.0. The molecule has 6 N–H and O–H groups in total. The zero-order valence-corrected chi connectivity index (χ0v) is 26.0. The van der Waals surface area contributed by atoms with Crippen molar-refractivity contribution < 1.29 is 43.9 Å². The Hall–Kier alpha value is -5.11. The third-order valence-corrected chi connectivity index (χ3v) is 8.43. The Morgan fingerprint density at radius 1 is 0.833 bits per heavy atom. The molecular formula is C36H35N3O9. The quantitative estimate of drug-likeness (QED) is 0.139. The first-order valence-electron chi connectivity index (χ1n) is 15.4. The number of aliphatic hydroxyl groups excluding tert-OH is 3. The molecule has 4 aromatic rings. The van der Waals surface area contributed by atoms with Crippen LogP contribution in [0.4, 0.5) is 16.2 Å². The molecule has 3 amide bonds. The van der Waals surface area contributed by atoms with Crippen LogP contribution in [-0.4, -0.2) is 77.6 Å². The molecule has 1 aliphatic heterocycles. The largest absolute Gasteiger partial charge is 0.444 e. The first-order chi connectivity index (χ1) is 23.2. The zero-order chi connectivity index (χ0) is 33.8. The van der Waals surface area contributed by atoms with E-state index in [0.29, 0.717) is 0 Å². The number of anilines is 2. The van der Waals surface area contributed by atoms with Crippen molar-refractivity contribution in [2.45, 2.75) is 43.7 Å². The van der Waals surface area contributed by atoms with E-state index in [4.69, 9.17) is 14.2 Å². The highest BCUT2D eigenvalue weighted by atomic mass is 16.7. The molecule has 5 atom stereocenters. The highest BCUT2D eigenvalue weighted by Crippen LogP contribution is 2.37. The van der Waals surface area contributed by atoms with Gasteiger partial charge in [0.25, 0.3) is 11.8 Å². The van der Waals surface area contributed by atoms with Crippen molar-refractivity contribution in [3.05, 3.63) is 119 Å². The molecule has 1 fully saturated rings. The van der Waals surface area contributed by atoms with Crippen LogP contribution in [0.3, 0.4) is 0 Å². The topological polar surface area (TPSA) is 176 Å². The van der Waals surface area contributed by atoms with E-state index in [1.54, 1.807) is 36.4 Å². The van der Waals surface area contributed by atoms with Crippen LogP contribution in [-0.2, 0) is 27.2 Å². The fourth-order valence-corrected chi connectivity index (χ4v) is 5.95. The first kappa shape index (κ1) is 32.8. The van der Waals surface area contributed by atoms with Gasteiger partial charge in [-0.25, -0.2) is 4.79 Å². The second kappa shape index (κ2) is 14.3. The highest BCUT2D eigenvalue weighted by Gasteiger charge is 2.45. The van der Waals surface area contributed by atoms with Crippen molar-refractivity contribution in [3.8, 4) is 11.1 Å². The van der Waals surface area contributed by atoms with Gasteiger partial charge in [0.2, 0.25) is 0 Å². The minimum Gasteiger partial charge on any atom is -0.444 e. The van der Waals surface area contributed by atoms with E-state index < -0.39 is 55.2 Å². The van der Waals surface area contributed by atoms with Gasteiger partial charge in [-0.15, -0.1) is 0 Å². The van der Waals surface area contributed by atoms with Crippen molar-refractivity contribution in [1.82, 2.24) is 5.32 Å². The van der Waals surface area contributed by atoms with Gasteiger partial charge in [-0.3, -0.25) is 14.9 Å². The molecular weight excluding hydrogens is 618 g/mol. The Morgan fingerprint density at radius 3 is 2.42 bits per heavy atom. The highest BCUT2D eigenvalue weighted by molar-refractivity contribution is 6.10. The number of carbonyl (C=O) groups excluding carboxylic acids is 3. The lowest BCUT2D eigenvalue weighted by Crippen LogP contribution is -2.64. The Bertz CT molecular complexity index is 1830. The van der Waals surface area contributed by atoms with E-state index in [2.05, 4.69) is 28.1 Å². The summed E-state index contributed by atoms with van der Waals surface area (Å²) < 4.78 is 16.1. The number of hydrogen-bond acceptors (Lipinski definition) is 9. The summed E-state index contributed by atoms with van der Waals surface area (Å²) >= 11 is 0. The van der Waals surface area contributed by atoms with Gasteiger partial charge in [-0.1, -0.05) is 54.6 Å². The number of benzene rings is 4. The summed E-state index contributed by atoms with van der Waals surface area (Å²) in [6, 6.07) is 25.6. The number of para-hydroxylation sites is 1. The number of methoxy groups -OCH3 is 1. The maximum absolute atomic E-state index is 13.3. The van der Waals surface area contributed by atoms with E-state index in [0.717, 1.165) is 17.5 Å². The molecule has 0 bridgehead atoms. The SMILES string of the molecule is CO[C@H]1O[C@H](CO)[C@@H](O)[C@H](O)[C@H]1NC(=O)c1cccc(NC(=O)c2ccccc2NC(=O)OCc2ccc3c(c2)-c2ccccc2C3)c1. The molecule has 12 heteroatoms. The third-order valence-electron chi connectivity index (χ3n) is 8.43. The minimum atomic E-state index is -1.48. The van der Waals surface area contributed by atoms with Crippen molar-refractivity contribution in [3.63, 3.8) is 0 Å². The molecule has 0 aromatic heterocycles. The van der Waals surface area contributed by atoms with Gasteiger partial charge in [0, 0.05) is 18.4 Å². The molecule has 1 heterocycles. The predicted octanol–water partition coefficient (Wildman–Crippen LogP) is 3.44. The fraction of sp³-hybridized carbons (Fsp3) is 0.250. The lowest BCUT2D eigenvalue weighted by Gasteiger charge is -2.41. The summed E-state index contributed by atoms with van der Waals surface area (Å²) in [4.78, 5) is 39.2. The number of ether oxygens (including phenoxy) is 3. The van der Waals surface area contributed by atoms with E-state index in [-0.39, 0.29) is 29.1 Å². The summed E-state index contributed by atoms with van der Waals surface area (Å²) in [5.74, 6) is -1.18. The third kappa shape index (κ3) is 6.93. The second-order valence-corrected chi connectivity index (χ2v) is 11.5. The molecule has 0 unspecified atom stereocenters. The van der Waals surface area contributed by atoms with Crippen LogP contribution < -0.4 is 16.0 Å². The van der Waals surface area contributed by atoms with Crippen LogP contribution in [0.1, 0.15) is 37.4 Å². The van der Waals surface area contributed by atoms with Gasteiger partial charge >= 0.3 is 6.09 Å². The molecule has 0 spiro atoms. The first-order valence-corrected chi connectivity index (χ1v) is 15.4. The molecule has 4 aromatic carbocycles. The average Bonchev–Trinajstić information content (AvgIpc) is 3.48. The van der Waals surface area contributed by atoms with Gasteiger partial charge in [-0.05, 0) is 70.6 Å². The van der Waals surface area contributed by atoms with Crippen LogP contribution in [0.2, 0.25) is 0 Å². The lowest BCUT2D eigenvalue weighted by molar-refractivity contribution is -0.261. The van der Waals surface area contributed by atoms with Crippen molar-refractivity contribution in [2.75, 3.05) is 24.4 Å². The smallest absolute Gasteiger partial charge is 0.411 e. The van der Waals surface area contributed by atoms with E-state index >= 15 is 0 Å². The molecule has 12 nitrogen and oxygen atoms in total. The Morgan fingerprint density at radius 2 is 1.60 bits per heavy atom. The molecule has 0 saturated carbocycles. The van der Waals surface area contributed by atoms with Crippen molar-refractivity contribution >= 4 is 29.3 Å². The maximum atomic E-state index is 13.3. The number of nitrogens with one attached hydrogen (secondary N) is 3. The van der Waals surface area contributed by atoms with E-state index in [1.807, 2.05) is 30.3 Å². The maximum Gasteiger partial charge on any atom is 0.411 e. The van der Waals surface area contributed by atoms with Crippen LogP contribution in [0.5, 0.6) is 0 Å². The van der Waals surface area contributed by atoms with Gasteiger partial charge < -0.3 is 40.2 Å². The Labute approximate surface area is 276 Å². The number of hydrogen-bond donors (Lipinski definition) is 6. The van der Waals surface area contributed by atoms with Gasteiger partial charge in [0.1, 0.15) is 31.0 Å². The average molecular weight is 654 g/mol. The summed E-state index contributed by atoms with van der Waals surface area (Å²) in [5.41, 5.74) is 6.45. The summed E-state index contributed by atoms with van der Waals surface area (Å²) in [6.07, 6.45) is -5.01. The second-order valence-electron chi connectivity index (χ2n) is 11.5. The summed E-state index contributed by atoms with van der Waals surface area (Å²) in [5, 5.41) is 38.2. The fourth-order valence-electron chi connectivity index (χ4n) is 5.95. The van der Waals surface area contributed by atoms with Crippen LogP contribution in [0, 0.1) is 0 Å². The summed E-state index contributed by atoms with van der Waals surface area (Å²) in [7, 11) is 1.30. The van der Waals surface area contributed by atoms with E-state index in [1.165, 1.54) is 35.9 Å². The number of aliphatic hydroxyl groups is 3. The molecule has 0 radical (unpaired) electrons. The monoisotopic (exact) mass is 653 g/mol. The molecule has 2 aliphatic rings. The molecule has 48 heavy (non-hydrogen) atoms. The normalized spacial score (nSPS) is 21.0. The van der Waals surface area contributed by atoms with Crippen LogP contribution in [0.25, 0.3) is 11.1 Å². The standard InChI is InChI=1S/C36H35N3O9/c1-46-35-30(32(42)31(41)29(18-40)48-35)39-33(43)23-8-6-9-24(17-23)37-34(44)26-11-4-5-12-28(26)38-36(45)47-19-20-13-14-22-16-21-7-2-3-10-25(21)27(22)15-20/h2-15,17,29-32,35,40-42H,16,18-19H2,1H3,(H,37,44)(H,38,45)(H,39,43)/t29-,30-,31-,32-,35+/m1/s1. The van der Waals surface area contributed by atoms with Crippen molar-refractivity contribution in [1.29, 1.82) is 0 Å². The number of rotatable bonds is 9. The predicted molar refractivity (Wildman–Crippen MR) is 175 cm³/mol. The van der Waals surface area contributed by atoms with Gasteiger partial charge in [-0.2, -0.15) is 0 Å². The van der Waals surface area contributed by atoms with Crippen LogP contribution >= 0.6 is 0 Å². The number of fused-ring (bicyclic) bond motifs is 3. The van der Waals surface area contributed by atoms with E-state index in [9.17, 15) is 29.7 Å². The lowest BCUT2D eigenvalue weighted by atomic mass is 9.96. The summed E-state index contributed by atoms with van der Waals surface area (Å²) in [6.45, 7) is -0.508. The number of amides is 3. The molecule has 1 saturated heterocycles. The minimum absolute atomic E-state index is 0.0423. The number of carbonyl (C=O) groups is 3. The molecule has 248 valence electrons.